The van der Waals surface area contributed by atoms with E-state index in [-0.39, 0.29) is 12.0 Å². The van der Waals surface area contributed by atoms with Gasteiger partial charge in [-0.3, -0.25) is 4.79 Å². The molecule has 0 N–H and O–H groups in total. The lowest BCUT2D eigenvalue weighted by molar-refractivity contribution is -0.119. The summed E-state index contributed by atoms with van der Waals surface area (Å²) in [5.74, 6) is 0.0713. The van der Waals surface area contributed by atoms with Crippen molar-refractivity contribution in [1.29, 1.82) is 5.26 Å². The van der Waals surface area contributed by atoms with Crippen molar-refractivity contribution < 1.29 is 9.53 Å². The average Bonchev–Trinajstić information content (AvgIpc) is 3.00. The number of hydrogen-bond acceptors (Lipinski definition) is 3. The third-order valence-electron chi connectivity index (χ3n) is 3.52. The molecule has 1 heterocycles. The molecule has 1 amide bonds. The van der Waals surface area contributed by atoms with Crippen molar-refractivity contribution in [3.8, 4) is 6.07 Å². The third-order valence-corrected chi connectivity index (χ3v) is 3.52. The van der Waals surface area contributed by atoms with Crippen molar-refractivity contribution >= 4 is 11.6 Å². The molecule has 1 unspecified atom stereocenters. The molecule has 1 saturated heterocycles. The maximum atomic E-state index is 12.4. The second-order valence-electron chi connectivity index (χ2n) is 4.96. The molecule has 0 saturated carbocycles. The number of anilines is 1. The number of amides is 1. The minimum atomic E-state index is 0.0713. The van der Waals surface area contributed by atoms with E-state index in [1.165, 1.54) is 0 Å². The van der Waals surface area contributed by atoms with Gasteiger partial charge in [0, 0.05) is 25.3 Å². The molecular weight excluding hydrogens is 252 g/mol. The number of rotatable bonds is 6. The fourth-order valence-corrected chi connectivity index (χ4v) is 2.46. The largest absolute Gasteiger partial charge is 0.378 e. The first-order valence-electron chi connectivity index (χ1n) is 7.15. The summed E-state index contributed by atoms with van der Waals surface area (Å²) in [5, 5.41) is 8.74. The van der Waals surface area contributed by atoms with E-state index in [0.717, 1.165) is 31.6 Å². The maximum Gasteiger partial charge on any atom is 0.227 e. The fourth-order valence-electron chi connectivity index (χ4n) is 2.46. The predicted molar refractivity (Wildman–Crippen MR) is 77.2 cm³/mol. The summed E-state index contributed by atoms with van der Waals surface area (Å²) in [4.78, 5) is 14.1. The first kappa shape index (κ1) is 14.5. The molecule has 4 nitrogen and oxygen atoms in total. The molecule has 0 aliphatic carbocycles. The quantitative estimate of drug-likeness (QED) is 0.800. The zero-order valence-electron chi connectivity index (χ0n) is 11.6. The van der Waals surface area contributed by atoms with Crippen LogP contribution in [0.15, 0.2) is 30.3 Å². The molecule has 1 fully saturated rings. The molecule has 20 heavy (non-hydrogen) atoms. The SMILES string of the molecule is N#CCCN(C(=O)CCC1CCCO1)c1ccccc1. The maximum absolute atomic E-state index is 12.4. The standard InChI is InChI=1S/C16H20N2O2/c17-11-5-12-18(14-6-2-1-3-7-14)16(19)10-9-15-8-4-13-20-15/h1-3,6-7,15H,4-5,8-10,12-13H2. The van der Waals surface area contributed by atoms with Gasteiger partial charge >= 0.3 is 0 Å². The molecule has 0 spiro atoms. The summed E-state index contributed by atoms with van der Waals surface area (Å²) in [7, 11) is 0. The van der Waals surface area contributed by atoms with Crippen LogP contribution >= 0.6 is 0 Å². The second-order valence-corrected chi connectivity index (χ2v) is 4.96. The van der Waals surface area contributed by atoms with E-state index in [9.17, 15) is 4.79 Å². The Bertz CT molecular complexity index is 461. The van der Waals surface area contributed by atoms with Crippen molar-refractivity contribution in [2.24, 2.45) is 0 Å². The van der Waals surface area contributed by atoms with Crippen LogP contribution in [0, 0.1) is 11.3 Å². The van der Waals surface area contributed by atoms with Crippen LogP contribution in [0.3, 0.4) is 0 Å². The van der Waals surface area contributed by atoms with E-state index in [0.29, 0.717) is 19.4 Å². The van der Waals surface area contributed by atoms with Gasteiger partial charge in [-0.25, -0.2) is 0 Å². The molecular formula is C16H20N2O2. The first-order chi connectivity index (χ1) is 9.81. The van der Waals surface area contributed by atoms with Gasteiger partial charge in [0.2, 0.25) is 5.91 Å². The predicted octanol–water partition coefficient (Wildman–Crippen LogP) is 2.89. The Hall–Kier alpha value is -1.86. The van der Waals surface area contributed by atoms with Gasteiger partial charge in [-0.15, -0.1) is 0 Å². The number of carbonyl (C=O) groups excluding carboxylic acids is 1. The van der Waals surface area contributed by atoms with Crippen molar-refractivity contribution in [2.75, 3.05) is 18.1 Å². The van der Waals surface area contributed by atoms with Gasteiger partial charge in [-0.2, -0.15) is 5.26 Å². The highest BCUT2D eigenvalue weighted by Crippen LogP contribution is 2.20. The van der Waals surface area contributed by atoms with Crippen molar-refractivity contribution in [1.82, 2.24) is 0 Å². The van der Waals surface area contributed by atoms with E-state index in [1.54, 1.807) is 4.90 Å². The van der Waals surface area contributed by atoms with Gasteiger partial charge in [0.15, 0.2) is 0 Å². The van der Waals surface area contributed by atoms with Crippen LogP contribution in [0.2, 0.25) is 0 Å². The van der Waals surface area contributed by atoms with Crippen LogP contribution in [0.5, 0.6) is 0 Å². The highest BCUT2D eigenvalue weighted by molar-refractivity contribution is 5.93. The van der Waals surface area contributed by atoms with E-state index >= 15 is 0 Å². The fraction of sp³-hybridized carbons (Fsp3) is 0.500. The zero-order chi connectivity index (χ0) is 14.2. The Kier molecular flexibility index (Phi) is 5.57. The van der Waals surface area contributed by atoms with Gasteiger partial charge in [-0.05, 0) is 31.4 Å². The number of ether oxygens (including phenoxy) is 1. The summed E-state index contributed by atoms with van der Waals surface area (Å²) in [6.45, 7) is 1.26. The molecule has 2 rings (SSSR count). The van der Waals surface area contributed by atoms with E-state index in [1.807, 2.05) is 30.3 Å². The van der Waals surface area contributed by atoms with E-state index < -0.39 is 0 Å². The van der Waals surface area contributed by atoms with E-state index in [4.69, 9.17) is 10.00 Å². The molecule has 1 atom stereocenters. The molecule has 1 aliphatic heterocycles. The number of nitrogens with zero attached hydrogens (tertiary/aromatic N) is 2. The number of hydrogen-bond donors (Lipinski definition) is 0. The Morgan fingerprint density at radius 1 is 1.40 bits per heavy atom. The smallest absolute Gasteiger partial charge is 0.227 e. The zero-order valence-corrected chi connectivity index (χ0v) is 11.6. The topological polar surface area (TPSA) is 53.3 Å². The van der Waals surface area contributed by atoms with Crippen LogP contribution in [0.1, 0.15) is 32.1 Å². The molecule has 0 radical (unpaired) electrons. The third kappa shape index (κ3) is 4.07. The highest BCUT2D eigenvalue weighted by Gasteiger charge is 2.20. The molecule has 106 valence electrons. The molecule has 1 aromatic carbocycles. The molecule has 4 heteroatoms. The van der Waals surface area contributed by atoms with Crippen LogP contribution in [0.4, 0.5) is 5.69 Å². The lowest BCUT2D eigenvalue weighted by atomic mass is 10.1. The lowest BCUT2D eigenvalue weighted by Gasteiger charge is -2.22. The second kappa shape index (κ2) is 7.66. The Labute approximate surface area is 120 Å². The summed E-state index contributed by atoms with van der Waals surface area (Å²) in [6.07, 6.45) is 3.97. The van der Waals surface area contributed by atoms with Gasteiger partial charge in [0.25, 0.3) is 0 Å². The minimum absolute atomic E-state index is 0.0713. The average molecular weight is 272 g/mol. The number of nitriles is 1. The first-order valence-corrected chi connectivity index (χ1v) is 7.15. The molecule has 1 aromatic rings. The van der Waals surface area contributed by atoms with Gasteiger partial charge < -0.3 is 9.64 Å². The number of carbonyl (C=O) groups is 1. The summed E-state index contributed by atoms with van der Waals surface area (Å²) >= 11 is 0. The number of benzene rings is 1. The summed E-state index contributed by atoms with van der Waals surface area (Å²) in [6, 6.07) is 11.6. The van der Waals surface area contributed by atoms with Crippen LogP contribution < -0.4 is 4.90 Å². The van der Waals surface area contributed by atoms with Gasteiger partial charge in [0.1, 0.15) is 0 Å². The van der Waals surface area contributed by atoms with Crippen LogP contribution in [0.25, 0.3) is 0 Å². The minimum Gasteiger partial charge on any atom is -0.378 e. The lowest BCUT2D eigenvalue weighted by Crippen LogP contribution is -2.32. The molecule has 0 aromatic heterocycles. The monoisotopic (exact) mass is 272 g/mol. The number of para-hydroxylation sites is 1. The Morgan fingerprint density at radius 3 is 2.85 bits per heavy atom. The Balaban J connectivity index is 1.95. The van der Waals surface area contributed by atoms with Gasteiger partial charge in [0.05, 0.1) is 18.6 Å². The van der Waals surface area contributed by atoms with Crippen molar-refractivity contribution in [3.63, 3.8) is 0 Å². The van der Waals surface area contributed by atoms with Crippen LogP contribution in [-0.4, -0.2) is 25.2 Å². The van der Waals surface area contributed by atoms with Crippen molar-refractivity contribution in [3.05, 3.63) is 30.3 Å². The molecule has 0 bridgehead atoms. The molecule has 1 aliphatic rings. The Morgan fingerprint density at radius 2 is 2.20 bits per heavy atom. The summed E-state index contributed by atoms with van der Waals surface area (Å²) in [5.41, 5.74) is 0.861. The summed E-state index contributed by atoms with van der Waals surface area (Å²) < 4.78 is 5.55. The van der Waals surface area contributed by atoms with Crippen molar-refractivity contribution in [2.45, 2.75) is 38.2 Å². The van der Waals surface area contributed by atoms with E-state index in [2.05, 4.69) is 6.07 Å². The highest BCUT2D eigenvalue weighted by atomic mass is 16.5. The normalized spacial score (nSPS) is 17.6. The van der Waals surface area contributed by atoms with Crippen LogP contribution in [-0.2, 0) is 9.53 Å². The van der Waals surface area contributed by atoms with Gasteiger partial charge in [-0.1, -0.05) is 18.2 Å².